The van der Waals surface area contributed by atoms with E-state index in [-0.39, 0.29) is 44.1 Å². The van der Waals surface area contributed by atoms with Crippen LogP contribution in [0.2, 0.25) is 0 Å². The van der Waals surface area contributed by atoms with E-state index in [9.17, 15) is 23.5 Å². The number of hydrogen-bond acceptors (Lipinski definition) is 2. The Morgan fingerprint density at radius 3 is 2.29 bits per heavy atom. The van der Waals surface area contributed by atoms with Crippen LogP contribution in [0, 0.1) is 5.92 Å². The van der Waals surface area contributed by atoms with Crippen molar-refractivity contribution in [2.75, 3.05) is 7.05 Å². The monoisotopic (exact) mass is 337 g/mol. The van der Waals surface area contributed by atoms with Crippen LogP contribution in [-0.4, -0.2) is 40.9 Å². The molecule has 1 aromatic rings. The van der Waals surface area contributed by atoms with Gasteiger partial charge in [0.1, 0.15) is 5.41 Å². The van der Waals surface area contributed by atoms with Gasteiger partial charge in [0.15, 0.2) is 0 Å². The van der Waals surface area contributed by atoms with E-state index in [0.717, 1.165) is 0 Å². The first kappa shape index (κ1) is 16.9. The van der Waals surface area contributed by atoms with Gasteiger partial charge < -0.3 is 10.0 Å². The van der Waals surface area contributed by atoms with Crippen molar-refractivity contribution in [1.29, 1.82) is 0 Å². The highest BCUT2D eigenvalue weighted by Crippen LogP contribution is 2.55. The predicted octanol–water partition coefficient (Wildman–Crippen LogP) is 3.07. The molecule has 1 amide bonds. The largest absolute Gasteiger partial charge is 0.481 e. The second kappa shape index (κ2) is 5.83. The van der Waals surface area contributed by atoms with Crippen LogP contribution in [0.5, 0.6) is 0 Å². The van der Waals surface area contributed by atoms with Gasteiger partial charge in [-0.15, -0.1) is 0 Å². The normalized spacial score (nSPS) is 29.0. The number of rotatable bonds is 4. The lowest BCUT2D eigenvalue weighted by molar-refractivity contribution is -0.144. The summed E-state index contributed by atoms with van der Waals surface area (Å²) in [7, 11) is 1.60. The molecular formula is C18H21F2NO3. The standard InChI is InChI=1S/C18H21F2NO3/c1-21(13-7-9-17(19,20)10-8-13)15(22)14-11-18(14,16(23)24)12-5-3-2-4-6-12/h2-6,13-14H,7-11H2,1H3,(H,23,24)/t14-,18+/m0/s1. The summed E-state index contributed by atoms with van der Waals surface area (Å²) in [4.78, 5) is 26.0. The Kier molecular flexibility index (Phi) is 4.10. The molecule has 0 aliphatic heterocycles. The molecule has 1 aromatic carbocycles. The number of carbonyl (C=O) groups is 2. The van der Waals surface area contributed by atoms with E-state index >= 15 is 0 Å². The topological polar surface area (TPSA) is 57.6 Å². The third-order valence-corrected chi connectivity index (χ3v) is 5.51. The number of nitrogens with zero attached hydrogens (tertiary/aromatic N) is 1. The Morgan fingerprint density at radius 2 is 1.75 bits per heavy atom. The number of carboxylic acid groups (broad SMARTS) is 1. The number of amides is 1. The minimum Gasteiger partial charge on any atom is -0.481 e. The van der Waals surface area contributed by atoms with Crippen molar-refractivity contribution >= 4 is 11.9 Å². The summed E-state index contributed by atoms with van der Waals surface area (Å²) in [6.07, 6.45) is 0.338. The lowest BCUT2D eigenvalue weighted by Crippen LogP contribution is -2.43. The molecule has 2 atom stereocenters. The maximum Gasteiger partial charge on any atom is 0.314 e. The first-order valence-electron chi connectivity index (χ1n) is 8.21. The first-order chi connectivity index (χ1) is 11.3. The molecule has 0 unspecified atom stereocenters. The van der Waals surface area contributed by atoms with Gasteiger partial charge in [-0.1, -0.05) is 30.3 Å². The molecule has 3 rings (SSSR count). The molecule has 0 radical (unpaired) electrons. The summed E-state index contributed by atoms with van der Waals surface area (Å²) in [5.74, 6) is -4.52. The highest BCUT2D eigenvalue weighted by Gasteiger charge is 2.65. The molecular weight excluding hydrogens is 316 g/mol. The molecule has 2 saturated carbocycles. The average Bonchev–Trinajstić information content (AvgIpc) is 3.31. The highest BCUT2D eigenvalue weighted by atomic mass is 19.3. The van der Waals surface area contributed by atoms with Crippen LogP contribution in [0.15, 0.2) is 30.3 Å². The smallest absolute Gasteiger partial charge is 0.314 e. The van der Waals surface area contributed by atoms with Crippen molar-refractivity contribution in [3.63, 3.8) is 0 Å². The molecule has 130 valence electrons. The van der Waals surface area contributed by atoms with E-state index < -0.39 is 23.2 Å². The minimum absolute atomic E-state index is 0.220. The summed E-state index contributed by atoms with van der Waals surface area (Å²) in [6, 6.07) is 8.53. The van der Waals surface area contributed by atoms with Crippen LogP contribution in [0.1, 0.15) is 37.7 Å². The maximum absolute atomic E-state index is 13.3. The van der Waals surface area contributed by atoms with Gasteiger partial charge in [-0.05, 0) is 24.8 Å². The third kappa shape index (κ3) is 2.78. The Bertz CT molecular complexity index is 639. The third-order valence-electron chi connectivity index (χ3n) is 5.51. The van der Waals surface area contributed by atoms with Gasteiger partial charge in [-0.2, -0.15) is 0 Å². The molecule has 0 bridgehead atoms. The molecule has 0 aromatic heterocycles. The second-order valence-corrected chi connectivity index (χ2v) is 6.94. The van der Waals surface area contributed by atoms with Crippen LogP contribution in [0.25, 0.3) is 0 Å². The fraction of sp³-hybridized carbons (Fsp3) is 0.556. The predicted molar refractivity (Wildman–Crippen MR) is 83.8 cm³/mol. The van der Waals surface area contributed by atoms with Crippen molar-refractivity contribution in [1.82, 2.24) is 4.90 Å². The molecule has 0 spiro atoms. The summed E-state index contributed by atoms with van der Waals surface area (Å²) in [6.45, 7) is 0. The van der Waals surface area contributed by atoms with E-state index in [4.69, 9.17) is 0 Å². The van der Waals surface area contributed by atoms with Gasteiger partial charge in [0.05, 0.1) is 5.92 Å². The van der Waals surface area contributed by atoms with E-state index in [1.54, 1.807) is 37.4 Å². The van der Waals surface area contributed by atoms with Crippen LogP contribution >= 0.6 is 0 Å². The molecule has 2 aliphatic carbocycles. The van der Waals surface area contributed by atoms with Crippen LogP contribution in [0.3, 0.4) is 0 Å². The Hall–Kier alpha value is -1.98. The number of aliphatic carboxylic acids is 1. The van der Waals surface area contributed by atoms with Gasteiger partial charge >= 0.3 is 5.97 Å². The van der Waals surface area contributed by atoms with Crippen molar-refractivity contribution in [2.45, 2.75) is 49.5 Å². The van der Waals surface area contributed by atoms with Gasteiger partial charge in [0.2, 0.25) is 11.8 Å². The number of hydrogen-bond donors (Lipinski definition) is 1. The van der Waals surface area contributed by atoms with E-state index in [2.05, 4.69) is 0 Å². The Balaban J connectivity index is 1.73. The fourth-order valence-electron chi connectivity index (χ4n) is 3.81. The number of halogens is 2. The van der Waals surface area contributed by atoms with Crippen molar-refractivity contribution in [2.24, 2.45) is 5.92 Å². The van der Waals surface area contributed by atoms with Gasteiger partial charge in [0.25, 0.3) is 0 Å². The molecule has 24 heavy (non-hydrogen) atoms. The van der Waals surface area contributed by atoms with E-state index in [1.807, 2.05) is 0 Å². The summed E-state index contributed by atoms with van der Waals surface area (Å²) in [5, 5.41) is 9.67. The van der Waals surface area contributed by atoms with Crippen LogP contribution in [-0.2, 0) is 15.0 Å². The number of alkyl halides is 2. The van der Waals surface area contributed by atoms with Crippen molar-refractivity contribution in [3.05, 3.63) is 35.9 Å². The SMILES string of the molecule is CN(C(=O)[C@@H]1C[C@@]1(C(=O)O)c1ccccc1)C1CCC(F)(F)CC1. The maximum atomic E-state index is 13.3. The molecule has 0 heterocycles. The number of benzene rings is 1. The van der Waals surface area contributed by atoms with E-state index in [0.29, 0.717) is 5.56 Å². The zero-order valence-electron chi connectivity index (χ0n) is 13.5. The Labute approximate surface area is 139 Å². The highest BCUT2D eigenvalue weighted by molar-refractivity contribution is 5.97. The molecule has 0 saturated heterocycles. The molecule has 4 nitrogen and oxygen atoms in total. The molecule has 2 aliphatic rings. The fourth-order valence-corrected chi connectivity index (χ4v) is 3.81. The summed E-state index contributed by atoms with van der Waals surface area (Å²) in [5.41, 5.74) is -0.551. The molecule has 1 N–H and O–H groups in total. The van der Waals surface area contributed by atoms with Gasteiger partial charge in [0, 0.05) is 25.9 Å². The summed E-state index contributed by atoms with van der Waals surface area (Å²) >= 11 is 0. The number of carbonyl (C=O) groups excluding carboxylic acids is 1. The average molecular weight is 337 g/mol. The molecule has 6 heteroatoms. The first-order valence-corrected chi connectivity index (χ1v) is 8.21. The zero-order chi connectivity index (χ0) is 17.5. The lowest BCUT2D eigenvalue weighted by atomic mass is 9.90. The van der Waals surface area contributed by atoms with Crippen LogP contribution in [0.4, 0.5) is 8.78 Å². The minimum atomic E-state index is -2.64. The number of carboxylic acids is 1. The lowest BCUT2D eigenvalue weighted by Gasteiger charge is -2.35. The molecule has 2 fully saturated rings. The quantitative estimate of drug-likeness (QED) is 0.919. The Morgan fingerprint density at radius 1 is 1.17 bits per heavy atom. The second-order valence-electron chi connectivity index (χ2n) is 6.94. The van der Waals surface area contributed by atoms with Crippen molar-refractivity contribution in [3.8, 4) is 0 Å². The summed E-state index contributed by atoms with van der Waals surface area (Å²) < 4.78 is 26.6. The van der Waals surface area contributed by atoms with Crippen molar-refractivity contribution < 1.29 is 23.5 Å². The van der Waals surface area contributed by atoms with Gasteiger partial charge in [-0.3, -0.25) is 9.59 Å². The van der Waals surface area contributed by atoms with Gasteiger partial charge in [-0.25, -0.2) is 8.78 Å². The zero-order valence-corrected chi connectivity index (χ0v) is 13.5. The van der Waals surface area contributed by atoms with Crippen LogP contribution < -0.4 is 0 Å². The van der Waals surface area contributed by atoms with E-state index in [1.165, 1.54) is 4.90 Å².